The van der Waals surface area contributed by atoms with Crippen molar-refractivity contribution >= 4 is 0 Å². The lowest BCUT2D eigenvalue weighted by atomic mass is 9.55. The Labute approximate surface area is 160 Å². The predicted molar refractivity (Wildman–Crippen MR) is 114 cm³/mol. The molecule has 0 spiro atoms. The van der Waals surface area contributed by atoms with Crippen molar-refractivity contribution in [3.05, 3.63) is 0 Å². The molecule has 0 fully saturated rings. The van der Waals surface area contributed by atoms with Gasteiger partial charge in [-0.25, -0.2) is 0 Å². The zero-order valence-corrected chi connectivity index (χ0v) is 20.6. The van der Waals surface area contributed by atoms with Gasteiger partial charge < -0.3 is 4.74 Å². The summed E-state index contributed by atoms with van der Waals surface area (Å²) in [5.74, 6) is 1.06. The van der Waals surface area contributed by atoms with E-state index in [1.54, 1.807) is 0 Å². The van der Waals surface area contributed by atoms with Crippen molar-refractivity contribution in [1.29, 1.82) is 0 Å². The molecule has 0 aromatic carbocycles. The van der Waals surface area contributed by atoms with Crippen LogP contribution in [0.3, 0.4) is 0 Å². The van der Waals surface area contributed by atoms with E-state index in [1.807, 2.05) is 0 Å². The molecule has 0 aliphatic carbocycles. The van der Waals surface area contributed by atoms with Crippen LogP contribution >= 0.6 is 0 Å². The molecule has 2 unspecified atom stereocenters. The van der Waals surface area contributed by atoms with E-state index in [1.165, 1.54) is 0 Å². The molecule has 152 valence electrons. The van der Waals surface area contributed by atoms with E-state index in [0.717, 1.165) is 0 Å². The molecule has 0 aromatic rings. The van der Waals surface area contributed by atoms with Gasteiger partial charge in [-0.05, 0) is 47.3 Å². The van der Waals surface area contributed by atoms with Crippen molar-refractivity contribution in [2.75, 3.05) is 0 Å². The highest BCUT2D eigenvalue weighted by atomic mass is 16.5. The molecule has 0 bridgehead atoms. The highest BCUT2D eigenvalue weighted by molar-refractivity contribution is 5.08. The monoisotopic (exact) mass is 354 g/mol. The van der Waals surface area contributed by atoms with Crippen LogP contribution < -0.4 is 0 Å². The van der Waals surface area contributed by atoms with Crippen LogP contribution in [0, 0.1) is 33.5 Å². The maximum atomic E-state index is 7.41. The molecule has 0 aliphatic heterocycles. The number of ether oxygens (including phenoxy) is 1. The molecule has 0 aromatic heterocycles. The Morgan fingerprint density at radius 1 is 0.440 bits per heavy atom. The van der Waals surface area contributed by atoms with Crippen LogP contribution in [0.15, 0.2) is 0 Å². The van der Waals surface area contributed by atoms with Gasteiger partial charge in [0, 0.05) is 0 Å². The Bertz CT molecular complexity index is 400. The Kier molecular flexibility index (Phi) is 6.83. The van der Waals surface area contributed by atoms with Gasteiger partial charge in [0.2, 0.25) is 0 Å². The molecule has 0 radical (unpaired) electrons. The summed E-state index contributed by atoms with van der Waals surface area (Å²) >= 11 is 0. The molecule has 0 saturated carbocycles. The summed E-state index contributed by atoms with van der Waals surface area (Å²) in [5.41, 5.74) is -0.374. The summed E-state index contributed by atoms with van der Waals surface area (Å²) in [4.78, 5) is 0. The SMILES string of the molecule is CC(C)C(C)(C)C(C)(OC(C)(C(C)(C)C)C(C)(C)C(C)C)C(C)(C)C. The third-order valence-corrected chi connectivity index (χ3v) is 8.62. The molecule has 1 nitrogen and oxygen atoms in total. The standard InChI is InChI=1S/C24H50O/c1-17(2)21(11,12)23(15,19(5,6)7)25-24(16,20(8,9)10)22(13,14)18(3)4/h17-18H,1-16H3. The second-order valence-corrected chi connectivity index (χ2v) is 12.4. The largest absolute Gasteiger partial charge is 0.367 e. The lowest BCUT2D eigenvalue weighted by Gasteiger charge is -2.63. The van der Waals surface area contributed by atoms with Crippen molar-refractivity contribution in [2.24, 2.45) is 33.5 Å². The van der Waals surface area contributed by atoms with Crippen LogP contribution in [0.1, 0.15) is 111 Å². The van der Waals surface area contributed by atoms with E-state index in [-0.39, 0.29) is 32.9 Å². The lowest BCUT2D eigenvalue weighted by Crippen LogP contribution is -2.66. The fourth-order valence-electron chi connectivity index (χ4n) is 4.01. The minimum Gasteiger partial charge on any atom is -0.367 e. The smallest absolute Gasteiger partial charge is 0.0763 e. The number of hydrogen-bond acceptors (Lipinski definition) is 1. The highest BCUT2D eigenvalue weighted by Crippen LogP contribution is 2.59. The van der Waals surface area contributed by atoms with E-state index in [4.69, 9.17) is 4.74 Å². The first-order valence-corrected chi connectivity index (χ1v) is 10.3. The van der Waals surface area contributed by atoms with Gasteiger partial charge in [0.05, 0.1) is 11.2 Å². The summed E-state index contributed by atoms with van der Waals surface area (Å²) < 4.78 is 7.41. The normalized spacial score (nSPS) is 19.9. The molecule has 2 atom stereocenters. The maximum absolute atomic E-state index is 7.41. The van der Waals surface area contributed by atoms with Crippen molar-refractivity contribution in [3.63, 3.8) is 0 Å². The summed E-state index contributed by atoms with van der Waals surface area (Å²) in [7, 11) is 0. The number of rotatable bonds is 6. The molecule has 0 heterocycles. The van der Waals surface area contributed by atoms with Gasteiger partial charge in [-0.2, -0.15) is 0 Å². The van der Waals surface area contributed by atoms with Gasteiger partial charge in [-0.15, -0.1) is 0 Å². The Balaban J connectivity index is 6.62. The molecular weight excluding hydrogens is 304 g/mol. The molecule has 1 heteroatoms. The summed E-state index contributed by atoms with van der Waals surface area (Å²) in [6, 6.07) is 0. The highest BCUT2D eigenvalue weighted by Gasteiger charge is 2.60. The Hall–Kier alpha value is -0.0400. The third-order valence-electron chi connectivity index (χ3n) is 8.62. The molecule has 0 N–H and O–H groups in total. The Morgan fingerprint density at radius 2 is 0.640 bits per heavy atom. The minimum absolute atomic E-state index is 0.0281. The predicted octanol–water partition coefficient (Wildman–Crippen LogP) is 7.98. The fourth-order valence-corrected chi connectivity index (χ4v) is 4.01. The number of hydrogen-bond donors (Lipinski definition) is 0. The molecule has 0 rings (SSSR count). The Morgan fingerprint density at radius 3 is 0.760 bits per heavy atom. The van der Waals surface area contributed by atoms with Crippen LogP contribution in [0.25, 0.3) is 0 Å². The first-order valence-electron chi connectivity index (χ1n) is 10.3. The van der Waals surface area contributed by atoms with E-state index in [0.29, 0.717) is 11.8 Å². The molecule has 0 amide bonds. The van der Waals surface area contributed by atoms with E-state index in [9.17, 15) is 0 Å². The van der Waals surface area contributed by atoms with Crippen LogP contribution in [0.4, 0.5) is 0 Å². The zero-order chi connectivity index (χ0) is 20.9. The van der Waals surface area contributed by atoms with Crippen LogP contribution in [-0.4, -0.2) is 11.2 Å². The summed E-state index contributed by atoms with van der Waals surface area (Å²) in [5, 5.41) is 0. The molecule has 0 aliphatic rings. The van der Waals surface area contributed by atoms with Gasteiger partial charge in [0.25, 0.3) is 0 Å². The van der Waals surface area contributed by atoms with Gasteiger partial charge in [-0.1, -0.05) is 96.9 Å². The van der Waals surface area contributed by atoms with E-state index < -0.39 is 0 Å². The fraction of sp³-hybridized carbons (Fsp3) is 1.00. The first kappa shape index (κ1) is 25.0. The molecular formula is C24H50O. The van der Waals surface area contributed by atoms with Crippen LogP contribution in [0.2, 0.25) is 0 Å². The van der Waals surface area contributed by atoms with E-state index in [2.05, 4.69) is 111 Å². The minimum atomic E-state index is -0.262. The van der Waals surface area contributed by atoms with Gasteiger partial charge in [0.15, 0.2) is 0 Å². The topological polar surface area (TPSA) is 9.23 Å². The zero-order valence-electron chi connectivity index (χ0n) is 20.6. The second kappa shape index (κ2) is 6.84. The first-order chi connectivity index (χ1) is 10.6. The second-order valence-electron chi connectivity index (χ2n) is 12.4. The van der Waals surface area contributed by atoms with Crippen molar-refractivity contribution in [3.8, 4) is 0 Å². The lowest BCUT2D eigenvalue weighted by molar-refractivity contribution is -0.307. The molecule has 25 heavy (non-hydrogen) atoms. The van der Waals surface area contributed by atoms with E-state index >= 15 is 0 Å². The van der Waals surface area contributed by atoms with Crippen molar-refractivity contribution in [1.82, 2.24) is 0 Å². The van der Waals surface area contributed by atoms with Crippen molar-refractivity contribution < 1.29 is 4.74 Å². The summed E-state index contributed by atoms with van der Waals surface area (Å²) in [6.07, 6.45) is 0. The quantitative estimate of drug-likeness (QED) is 0.470. The van der Waals surface area contributed by atoms with Crippen LogP contribution in [0.5, 0.6) is 0 Å². The summed E-state index contributed by atoms with van der Waals surface area (Å²) in [6.45, 7) is 37.6. The average Bonchev–Trinajstić information content (AvgIpc) is 2.34. The van der Waals surface area contributed by atoms with Gasteiger partial charge in [-0.3, -0.25) is 0 Å². The third kappa shape index (κ3) is 3.97. The average molecular weight is 355 g/mol. The van der Waals surface area contributed by atoms with Crippen LogP contribution in [-0.2, 0) is 4.74 Å². The molecule has 0 saturated heterocycles. The van der Waals surface area contributed by atoms with Gasteiger partial charge in [0.1, 0.15) is 0 Å². The van der Waals surface area contributed by atoms with Crippen molar-refractivity contribution in [2.45, 2.75) is 122 Å². The van der Waals surface area contributed by atoms with Gasteiger partial charge >= 0.3 is 0 Å². The maximum Gasteiger partial charge on any atom is 0.0763 e.